The Morgan fingerprint density at radius 3 is 2.54 bits per heavy atom. The Balaban J connectivity index is 2.45. The van der Waals surface area contributed by atoms with Crippen molar-refractivity contribution in [3.63, 3.8) is 0 Å². The Bertz CT molecular complexity index is 271. The lowest BCUT2D eigenvalue weighted by Crippen LogP contribution is -2.13. The van der Waals surface area contributed by atoms with Crippen molar-refractivity contribution in [1.82, 2.24) is 5.01 Å². The first-order valence-electron chi connectivity index (χ1n) is 4.04. The number of rotatable bonds is 4. The minimum atomic E-state index is 0.255. The Labute approximate surface area is 76.7 Å². The Kier molecular flexibility index (Phi) is 3.25. The van der Waals surface area contributed by atoms with Gasteiger partial charge in [-0.05, 0) is 24.1 Å². The number of benzene rings is 1. The molecule has 0 spiro atoms. The minimum Gasteiger partial charge on any atom is -0.508 e. The monoisotopic (exact) mass is 180 g/mol. The molecule has 0 heterocycles. The molecule has 0 unspecified atom stereocenters. The molecule has 0 bridgehead atoms. The van der Waals surface area contributed by atoms with Crippen LogP contribution in [-0.2, 0) is 6.42 Å². The summed E-state index contributed by atoms with van der Waals surface area (Å²) in [4.78, 5) is 10.0. The third-order valence-electron chi connectivity index (χ3n) is 1.80. The molecule has 0 aliphatic rings. The second kappa shape index (κ2) is 4.45. The predicted octanol–water partition coefficient (Wildman–Crippen LogP) is 1.55. The van der Waals surface area contributed by atoms with Crippen LogP contribution in [0, 0.1) is 4.91 Å². The van der Waals surface area contributed by atoms with Gasteiger partial charge in [0.15, 0.2) is 0 Å². The molecule has 0 atom stereocenters. The van der Waals surface area contributed by atoms with Gasteiger partial charge in [-0.1, -0.05) is 12.1 Å². The minimum absolute atomic E-state index is 0.255. The molecular formula is C9H12N2O2. The molecule has 0 aliphatic heterocycles. The van der Waals surface area contributed by atoms with Crippen LogP contribution in [0.25, 0.3) is 0 Å². The van der Waals surface area contributed by atoms with Crippen molar-refractivity contribution in [2.24, 2.45) is 5.29 Å². The average molecular weight is 180 g/mol. The van der Waals surface area contributed by atoms with Gasteiger partial charge in [0.1, 0.15) is 5.75 Å². The van der Waals surface area contributed by atoms with Gasteiger partial charge in [0.2, 0.25) is 0 Å². The van der Waals surface area contributed by atoms with Crippen molar-refractivity contribution in [3.8, 4) is 5.75 Å². The number of aromatic hydroxyl groups is 1. The first-order valence-corrected chi connectivity index (χ1v) is 4.04. The second-order valence-corrected chi connectivity index (χ2v) is 2.88. The molecule has 4 heteroatoms. The molecule has 0 radical (unpaired) electrons. The van der Waals surface area contributed by atoms with Crippen molar-refractivity contribution in [2.75, 3.05) is 13.6 Å². The molecule has 1 N–H and O–H groups in total. The highest BCUT2D eigenvalue weighted by atomic mass is 16.3. The molecule has 0 amide bonds. The second-order valence-electron chi connectivity index (χ2n) is 2.88. The summed E-state index contributed by atoms with van der Waals surface area (Å²) < 4.78 is 0. The molecular weight excluding hydrogens is 168 g/mol. The highest BCUT2D eigenvalue weighted by Gasteiger charge is 1.96. The van der Waals surface area contributed by atoms with Gasteiger partial charge in [-0.25, -0.2) is 0 Å². The third-order valence-corrected chi connectivity index (χ3v) is 1.80. The van der Waals surface area contributed by atoms with Gasteiger partial charge in [0.25, 0.3) is 0 Å². The summed E-state index contributed by atoms with van der Waals surface area (Å²) in [6.45, 7) is 0.592. The van der Waals surface area contributed by atoms with Crippen molar-refractivity contribution < 1.29 is 5.11 Å². The average Bonchev–Trinajstić information content (AvgIpc) is 2.16. The van der Waals surface area contributed by atoms with Gasteiger partial charge >= 0.3 is 0 Å². The molecule has 1 aromatic carbocycles. The van der Waals surface area contributed by atoms with Gasteiger partial charge in [-0.2, -0.15) is 0 Å². The number of likely N-dealkylation sites (N-methyl/N-ethyl adjacent to an activating group) is 1. The number of nitrogens with zero attached hydrogens (tertiary/aromatic N) is 2. The standard InChI is InChI=1S/C9H12N2O2/c1-11(10-13)7-6-8-2-4-9(12)5-3-8/h2-5,12H,6-7H2,1H3. The van der Waals surface area contributed by atoms with Crippen LogP contribution in [0.15, 0.2) is 29.6 Å². The third kappa shape index (κ3) is 3.11. The maximum absolute atomic E-state index is 10.0. The lowest BCUT2D eigenvalue weighted by Gasteiger charge is -2.07. The van der Waals surface area contributed by atoms with Crippen LogP contribution in [0.5, 0.6) is 5.75 Å². The zero-order chi connectivity index (χ0) is 9.68. The lowest BCUT2D eigenvalue weighted by molar-refractivity contribution is 0.354. The van der Waals surface area contributed by atoms with E-state index >= 15 is 0 Å². The van der Waals surface area contributed by atoms with E-state index < -0.39 is 0 Å². The first-order chi connectivity index (χ1) is 6.22. The molecule has 0 aliphatic carbocycles. The summed E-state index contributed by atoms with van der Waals surface area (Å²) in [5.74, 6) is 0.255. The summed E-state index contributed by atoms with van der Waals surface area (Å²) in [5.41, 5.74) is 1.08. The number of phenolic OH excluding ortho intramolecular Hbond substituents is 1. The summed E-state index contributed by atoms with van der Waals surface area (Å²) >= 11 is 0. The Hall–Kier alpha value is -1.58. The fourth-order valence-electron chi connectivity index (χ4n) is 0.994. The summed E-state index contributed by atoms with van der Waals surface area (Å²) in [6.07, 6.45) is 0.752. The van der Waals surface area contributed by atoms with Crippen LogP contribution >= 0.6 is 0 Å². The van der Waals surface area contributed by atoms with E-state index in [4.69, 9.17) is 5.11 Å². The topological polar surface area (TPSA) is 52.9 Å². The van der Waals surface area contributed by atoms with Gasteiger partial charge in [-0.15, -0.1) is 4.91 Å². The molecule has 0 aromatic heterocycles. The lowest BCUT2D eigenvalue weighted by atomic mass is 10.1. The van der Waals surface area contributed by atoms with Crippen LogP contribution < -0.4 is 0 Å². The van der Waals surface area contributed by atoms with Gasteiger partial charge in [0.05, 0.1) is 5.29 Å². The number of hydrogen-bond acceptors (Lipinski definition) is 3. The van der Waals surface area contributed by atoms with Gasteiger partial charge in [-0.3, -0.25) is 5.01 Å². The summed E-state index contributed by atoms with van der Waals surface area (Å²) in [6, 6.07) is 6.91. The van der Waals surface area contributed by atoms with Crippen LogP contribution in [0.3, 0.4) is 0 Å². The highest BCUT2D eigenvalue weighted by molar-refractivity contribution is 5.25. The van der Waals surface area contributed by atoms with Crippen LogP contribution in [-0.4, -0.2) is 23.7 Å². The van der Waals surface area contributed by atoms with Crippen LogP contribution in [0.2, 0.25) is 0 Å². The highest BCUT2D eigenvalue weighted by Crippen LogP contribution is 2.10. The van der Waals surface area contributed by atoms with E-state index in [9.17, 15) is 4.91 Å². The zero-order valence-corrected chi connectivity index (χ0v) is 7.47. The fraction of sp³-hybridized carbons (Fsp3) is 0.333. The number of hydrogen-bond donors (Lipinski definition) is 1. The quantitative estimate of drug-likeness (QED) is 0.565. The van der Waals surface area contributed by atoms with Crippen molar-refractivity contribution in [2.45, 2.75) is 6.42 Å². The Morgan fingerprint density at radius 2 is 2.00 bits per heavy atom. The van der Waals surface area contributed by atoms with Crippen LogP contribution in [0.4, 0.5) is 0 Å². The summed E-state index contributed by atoms with van der Waals surface area (Å²) in [7, 11) is 1.63. The fourth-order valence-corrected chi connectivity index (χ4v) is 0.994. The van der Waals surface area contributed by atoms with E-state index in [1.807, 2.05) is 12.1 Å². The Morgan fingerprint density at radius 1 is 1.38 bits per heavy atom. The molecule has 0 saturated carbocycles. The van der Waals surface area contributed by atoms with E-state index in [1.165, 1.54) is 5.01 Å². The molecule has 4 nitrogen and oxygen atoms in total. The summed E-state index contributed by atoms with van der Waals surface area (Å²) in [5, 5.41) is 13.1. The van der Waals surface area contributed by atoms with E-state index in [0.29, 0.717) is 6.54 Å². The van der Waals surface area contributed by atoms with Gasteiger partial charge in [0, 0.05) is 13.6 Å². The maximum atomic E-state index is 10.0. The maximum Gasteiger partial charge on any atom is 0.115 e. The molecule has 0 fully saturated rings. The van der Waals surface area contributed by atoms with E-state index in [1.54, 1.807) is 19.2 Å². The number of phenols is 1. The molecule has 70 valence electrons. The smallest absolute Gasteiger partial charge is 0.115 e. The number of nitroso groups, excluding NO2 is 1. The largest absolute Gasteiger partial charge is 0.508 e. The van der Waals surface area contributed by atoms with Gasteiger partial charge < -0.3 is 5.11 Å². The zero-order valence-electron chi connectivity index (χ0n) is 7.47. The molecule has 13 heavy (non-hydrogen) atoms. The molecule has 0 saturated heterocycles. The van der Waals surface area contributed by atoms with E-state index in [2.05, 4.69) is 5.29 Å². The van der Waals surface area contributed by atoms with E-state index in [0.717, 1.165) is 12.0 Å². The predicted molar refractivity (Wildman–Crippen MR) is 50.2 cm³/mol. The van der Waals surface area contributed by atoms with Crippen molar-refractivity contribution >= 4 is 0 Å². The normalized spacial score (nSPS) is 9.62. The van der Waals surface area contributed by atoms with Crippen LogP contribution in [0.1, 0.15) is 5.56 Å². The van der Waals surface area contributed by atoms with Crippen molar-refractivity contribution in [3.05, 3.63) is 34.7 Å². The molecule has 1 rings (SSSR count). The SMILES string of the molecule is CN(CCc1ccc(O)cc1)N=O. The van der Waals surface area contributed by atoms with E-state index in [-0.39, 0.29) is 5.75 Å². The van der Waals surface area contributed by atoms with Crippen molar-refractivity contribution in [1.29, 1.82) is 0 Å². The molecule has 1 aromatic rings. The first kappa shape index (κ1) is 9.51.